The topological polar surface area (TPSA) is 26.3 Å². The van der Waals surface area contributed by atoms with Gasteiger partial charge in [-0.15, -0.1) is 0 Å². The number of hydrogen-bond donors (Lipinski definition) is 0. The highest BCUT2D eigenvalue weighted by molar-refractivity contribution is 5.97. The number of carbonyl (C=O) groups is 1. The fraction of sp³-hybridized carbons (Fsp3) is 0.211. The Kier molecular flexibility index (Phi) is 4.59. The molecule has 0 heterocycles. The molecule has 0 amide bonds. The van der Waals surface area contributed by atoms with Crippen molar-refractivity contribution in [3.05, 3.63) is 66.2 Å². The van der Waals surface area contributed by atoms with E-state index in [-0.39, 0.29) is 11.2 Å². The third-order valence-corrected chi connectivity index (χ3v) is 3.03. The van der Waals surface area contributed by atoms with E-state index in [9.17, 15) is 4.79 Å². The Balaban J connectivity index is 2.03. The lowest BCUT2D eigenvalue weighted by Gasteiger charge is -2.12. The minimum absolute atomic E-state index is 0.118. The molecule has 108 valence electrons. The molecule has 2 aromatic carbocycles. The first-order valence-electron chi connectivity index (χ1n) is 7.01. The van der Waals surface area contributed by atoms with Crippen molar-refractivity contribution in [3.63, 3.8) is 0 Å². The normalized spacial score (nSPS) is 11.6. The molecule has 0 radical (unpaired) electrons. The van der Waals surface area contributed by atoms with Crippen LogP contribution in [-0.4, -0.2) is 5.78 Å². The van der Waals surface area contributed by atoms with Crippen LogP contribution in [0.2, 0.25) is 0 Å². The second kappa shape index (κ2) is 6.40. The molecule has 0 N–H and O–H groups in total. The first-order chi connectivity index (χ1) is 9.95. The van der Waals surface area contributed by atoms with Crippen LogP contribution in [0, 0.1) is 5.41 Å². The van der Waals surface area contributed by atoms with Gasteiger partial charge in [0.25, 0.3) is 0 Å². The molecule has 0 fully saturated rings. The molecular weight excluding hydrogens is 260 g/mol. The Bertz CT molecular complexity index is 617. The number of ether oxygens (including phenoxy) is 1. The van der Waals surface area contributed by atoms with Crippen molar-refractivity contribution in [1.82, 2.24) is 0 Å². The van der Waals surface area contributed by atoms with Crippen LogP contribution in [0.25, 0.3) is 6.08 Å². The van der Waals surface area contributed by atoms with Crippen LogP contribution >= 0.6 is 0 Å². The number of carbonyl (C=O) groups excluding carboxylic acids is 1. The summed E-state index contributed by atoms with van der Waals surface area (Å²) < 4.78 is 5.72. The maximum atomic E-state index is 11.8. The van der Waals surface area contributed by atoms with Crippen LogP contribution in [0.4, 0.5) is 0 Å². The zero-order chi connectivity index (χ0) is 15.3. The van der Waals surface area contributed by atoms with E-state index in [1.807, 2.05) is 81.4 Å². The average Bonchev–Trinajstić information content (AvgIpc) is 2.46. The maximum absolute atomic E-state index is 11.8. The van der Waals surface area contributed by atoms with E-state index in [0.29, 0.717) is 0 Å². The second-order valence-electron chi connectivity index (χ2n) is 5.93. The molecule has 0 saturated heterocycles. The predicted octanol–water partition coefficient (Wildman–Crippen LogP) is 5.11. The van der Waals surface area contributed by atoms with E-state index in [2.05, 4.69) is 0 Å². The Morgan fingerprint density at radius 3 is 2.05 bits per heavy atom. The van der Waals surface area contributed by atoms with Crippen molar-refractivity contribution >= 4 is 11.9 Å². The van der Waals surface area contributed by atoms with Crippen molar-refractivity contribution in [2.45, 2.75) is 20.8 Å². The molecule has 0 saturated carbocycles. The summed E-state index contributed by atoms with van der Waals surface area (Å²) in [5, 5.41) is 0. The smallest absolute Gasteiger partial charge is 0.161 e. The van der Waals surface area contributed by atoms with Crippen molar-refractivity contribution in [1.29, 1.82) is 0 Å². The largest absolute Gasteiger partial charge is 0.457 e. The van der Waals surface area contributed by atoms with Crippen molar-refractivity contribution in [2.75, 3.05) is 0 Å². The van der Waals surface area contributed by atoms with Gasteiger partial charge < -0.3 is 4.74 Å². The first-order valence-corrected chi connectivity index (χ1v) is 7.01. The van der Waals surface area contributed by atoms with Crippen LogP contribution in [0.1, 0.15) is 26.3 Å². The third kappa shape index (κ3) is 4.60. The van der Waals surface area contributed by atoms with Gasteiger partial charge in [-0.1, -0.05) is 57.2 Å². The maximum Gasteiger partial charge on any atom is 0.161 e. The van der Waals surface area contributed by atoms with Gasteiger partial charge in [0.15, 0.2) is 5.78 Å². The van der Waals surface area contributed by atoms with Crippen molar-refractivity contribution in [2.24, 2.45) is 5.41 Å². The molecule has 0 aliphatic heterocycles. The molecule has 0 spiro atoms. The quantitative estimate of drug-likeness (QED) is 0.728. The van der Waals surface area contributed by atoms with Crippen LogP contribution in [-0.2, 0) is 4.79 Å². The van der Waals surface area contributed by atoms with Gasteiger partial charge in [0.1, 0.15) is 11.5 Å². The van der Waals surface area contributed by atoms with Crippen LogP contribution < -0.4 is 4.74 Å². The molecule has 0 atom stereocenters. The summed E-state index contributed by atoms with van der Waals surface area (Å²) in [6.45, 7) is 5.74. The highest BCUT2D eigenvalue weighted by atomic mass is 16.5. The Morgan fingerprint density at radius 1 is 0.905 bits per heavy atom. The van der Waals surface area contributed by atoms with Gasteiger partial charge in [0.05, 0.1) is 0 Å². The van der Waals surface area contributed by atoms with E-state index in [1.165, 1.54) is 0 Å². The number of allylic oxidation sites excluding steroid dienone is 1. The SMILES string of the molecule is CC(C)(C)C(=O)/C=C/c1ccc(Oc2ccccc2)cc1. The summed E-state index contributed by atoms with van der Waals surface area (Å²) in [6.07, 6.45) is 3.47. The lowest BCUT2D eigenvalue weighted by Crippen LogP contribution is -2.17. The predicted molar refractivity (Wildman–Crippen MR) is 86.5 cm³/mol. The second-order valence-corrected chi connectivity index (χ2v) is 5.93. The summed E-state index contributed by atoms with van der Waals surface area (Å²) in [5.74, 6) is 1.70. The third-order valence-electron chi connectivity index (χ3n) is 3.03. The lowest BCUT2D eigenvalue weighted by atomic mass is 9.90. The fourth-order valence-electron chi connectivity index (χ4n) is 1.69. The Labute approximate surface area is 126 Å². The summed E-state index contributed by atoms with van der Waals surface area (Å²) in [5.41, 5.74) is 0.639. The number of hydrogen-bond acceptors (Lipinski definition) is 2. The molecule has 0 aliphatic rings. The Morgan fingerprint density at radius 2 is 1.48 bits per heavy atom. The van der Waals surface area contributed by atoms with Crippen molar-refractivity contribution in [3.8, 4) is 11.5 Å². The van der Waals surface area contributed by atoms with Crippen LogP contribution in [0.5, 0.6) is 11.5 Å². The molecule has 0 aromatic heterocycles. The van der Waals surface area contributed by atoms with E-state index >= 15 is 0 Å². The van der Waals surface area contributed by atoms with E-state index in [4.69, 9.17) is 4.74 Å². The van der Waals surface area contributed by atoms with Gasteiger partial charge in [-0.05, 0) is 35.9 Å². The number of benzene rings is 2. The van der Waals surface area contributed by atoms with E-state index < -0.39 is 0 Å². The van der Waals surface area contributed by atoms with E-state index in [0.717, 1.165) is 17.1 Å². The van der Waals surface area contributed by atoms with Crippen LogP contribution in [0.15, 0.2) is 60.7 Å². The molecule has 2 rings (SSSR count). The number of para-hydroxylation sites is 1. The monoisotopic (exact) mass is 280 g/mol. The van der Waals surface area contributed by atoms with Gasteiger partial charge in [0.2, 0.25) is 0 Å². The molecule has 2 heteroatoms. The molecule has 21 heavy (non-hydrogen) atoms. The summed E-state index contributed by atoms with van der Waals surface area (Å²) >= 11 is 0. The highest BCUT2D eigenvalue weighted by Gasteiger charge is 2.17. The van der Waals surface area contributed by atoms with E-state index in [1.54, 1.807) is 6.08 Å². The van der Waals surface area contributed by atoms with Gasteiger partial charge in [0, 0.05) is 5.41 Å². The van der Waals surface area contributed by atoms with Gasteiger partial charge in [-0.2, -0.15) is 0 Å². The van der Waals surface area contributed by atoms with Gasteiger partial charge >= 0.3 is 0 Å². The fourth-order valence-corrected chi connectivity index (χ4v) is 1.69. The molecular formula is C19H20O2. The lowest BCUT2D eigenvalue weighted by molar-refractivity contribution is -0.121. The summed E-state index contributed by atoms with van der Waals surface area (Å²) in [7, 11) is 0. The highest BCUT2D eigenvalue weighted by Crippen LogP contribution is 2.22. The molecule has 2 aromatic rings. The number of ketones is 1. The summed E-state index contributed by atoms with van der Waals surface area (Å²) in [6, 6.07) is 17.3. The molecule has 2 nitrogen and oxygen atoms in total. The Hall–Kier alpha value is -2.35. The zero-order valence-corrected chi connectivity index (χ0v) is 12.7. The minimum Gasteiger partial charge on any atom is -0.457 e. The van der Waals surface area contributed by atoms with Gasteiger partial charge in [-0.3, -0.25) is 4.79 Å². The molecule has 0 aliphatic carbocycles. The first kappa shape index (κ1) is 15.0. The minimum atomic E-state index is -0.340. The molecule has 0 bridgehead atoms. The zero-order valence-electron chi connectivity index (χ0n) is 12.7. The van der Waals surface area contributed by atoms with Crippen molar-refractivity contribution < 1.29 is 9.53 Å². The average molecular weight is 280 g/mol. The standard InChI is InChI=1S/C19H20O2/c1-19(2,3)18(20)14-11-15-9-12-17(13-10-15)21-16-7-5-4-6-8-16/h4-14H,1-3H3/b14-11+. The summed E-state index contributed by atoms with van der Waals surface area (Å²) in [4.78, 5) is 11.8. The van der Waals surface area contributed by atoms with Gasteiger partial charge in [-0.25, -0.2) is 0 Å². The number of rotatable bonds is 4. The molecule has 0 unspecified atom stereocenters. The van der Waals surface area contributed by atoms with Crippen LogP contribution in [0.3, 0.4) is 0 Å².